The molecule has 1 amide bonds. The Morgan fingerprint density at radius 3 is 2.43 bits per heavy atom. The van der Waals surface area contributed by atoms with Crippen molar-refractivity contribution in [2.75, 3.05) is 6.54 Å². The Labute approximate surface area is 169 Å². The molecule has 0 fully saturated rings. The molecule has 0 radical (unpaired) electrons. The normalized spacial score (nSPS) is 11.4. The lowest BCUT2D eigenvalue weighted by molar-refractivity contribution is -0.146. The summed E-state index contributed by atoms with van der Waals surface area (Å²) in [6.07, 6.45) is 5.77. The maximum atomic E-state index is 12.3. The zero-order valence-electron chi connectivity index (χ0n) is 16.8. The zero-order chi connectivity index (χ0) is 20.9. The van der Waals surface area contributed by atoms with Gasteiger partial charge < -0.3 is 15.5 Å². The molecule has 0 saturated heterocycles. The van der Waals surface area contributed by atoms with Crippen LogP contribution in [0.15, 0.2) is 18.3 Å². The number of carbonyl (C=O) groups excluding carboxylic acids is 1. The van der Waals surface area contributed by atoms with E-state index in [1.165, 1.54) is 24.3 Å². The van der Waals surface area contributed by atoms with E-state index in [9.17, 15) is 14.7 Å². The highest BCUT2D eigenvalue weighted by Gasteiger charge is 2.28. The fraction of sp³-hybridized carbons (Fsp3) is 0.476. The Morgan fingerprint density at radius 1 is 1.18 bits per heavy atom. The van der Waals surface area contributed by atoms with Crippen molar-refractivity contribution in [1.29, 1.82) is 0 Å². The van der Waals surface area contributed by atoms with Crippen LogP contribution < -0.4 is 5.32 Å². The van der Waals surface area contributed by atoms with Gasteiger partial charge in [0.15, 0.2) is 5.69 Å². The topological polar surface area (TPSA) is 99.5 Å². The molecule has 0 unspecified atom stereocenters. The molecule has 0 aromatic carbocycles. The third-order valence-electron chi connectivity index (χ3n) is 4.53. The molecule has 28 heavy (non-hydrogen) atoms. The molecule has 0 aliphatic carbocycles. The number of nitrogens with one attached hydrogen (secondary N) is 1. The molecule has 2 aromatic heterocycles. The first kappa shape index (κ1) is 21.9. The minimum absolute atomic E-state index is 0.0598. The second kappa shape index (κ2) is 9.19. The van der Waals surface area contributed by atoms with Crippen molar-refractivity contribution in [1.82, 2.24) is 10.3 Å². The Bertz CT molecular complexity index is 835. The number of amides is 1. The molecule has 2 rings (SSSR count). The van der Waals surface area contributed by atoms with E-state index < -0.39 is 17.3 Å². The molecule has 0 aliphatic rings. The number of carboxylic acids is 1. The summed E-state index contributed by atoms with van der Waals surface area (Å²) in [7, 11) is 0. The minimum Gasteiger partial charge on any atom is -0.505 e. The molecule has 0 saturated carbocycles. The van der Waals surface area contributed by atoms with Gasteiger partial charge >= 0.3 is 5.97 Å². The van der Waals surface area contributed by atoms with Gasteiger partial charge in [-0.05, 0) is 44.4 Å². The van der Waals surface area contributed by atoms with Gasteiger partial charge in [-0.2, -0.15) is 0 Å². The summed E-state index contributed by atoms with van der Waals surface area (Å²) >= 11 is 1.70. The van der Waals surface area contributed by atoms with Gasteiger partial charge in [0, 0.05) is 28.1 Å². The molecule has 3 N–H and O–H groups in total. The number of aliphatic carboxylic acids is 1. The van der Waals surface area contributed by atoms with Crippen LogP contribution in [0.2, 0.25) is 0 Å². The number of carbonyl (C=O) groups is 2. The van der Waals surface area contributed by atoms with Crippen molar-refractivity contribution < 1.29 is 19.8 Å². The third kappa shape index (κ3) is 5.10. The molecular weight excluding hydrogens is 376 g/mol. The van der Waals surface area contributed by atoms with Gasteiger partial charge in [0.05, 0.1) is 5.41 Å². The van der Waals surface area contributed by atoms with Crippen LogP contribution in [-0.2, 0) is 17.6 Å². The number of pyridine rings is 1. The summed E-state index contributed by atoms with van der Waals surface area (Å²) in [5.41, 5.74) is 0.892. The van der Waals surface area contributed by atoms with E-state index in [0.29, 0.717) is 0 Å². The van der Waals surface area contributed by atoms with Gasteiger partial charge in [-0.1, -0.05) is 26.7 Å². The van der Waals surface area contributed by atoms with E-state index in [1.54, 1.807) is 23.6 Å². The van der Waals surface area contributed by atoms with E-state index in [-0.39, 0.29) is 18.0 Å². The standard InChI is InChI=1S/C21H28N2O4S/c1-5-7-13-10-17(28-16(13)8-6-2)14-9-15(24)18(22-11-14)19(25)23-12-21(3,4)20(26)27/h9-11,24H,5-8,12H2,1-4H3,(H,23,25)(H,26,27). The molecule has 2 heterocycles. The van der Waals surface area contributed by atoms with Crippen LogP contribution in [-0.4, -0.2) is 33.6 Å². The number of carboxylic acid groups (broad SMARTS) is 1. The van der Waals surface area contributed by atoms with Crippen molar-refractivity contribution in [3.63, 3.8) is 0 Å². The first-order valence-corrected chi connectivity index (χ1v) is 10.3. The van der Waals surface area contributed by atoms with Gasteiger partial charge in [-0.3, -0.25) is 9.59 Å². The van der Waals surface area contributed by atoms with Crippen LogP contribution in [0.5, 0.6) is 5.75 Å². The van der Waals surface area contributed by atoms with E-state index >= 15 is 0 Å². The largest absolute Gasteiger partial charge is 0.505 e. The van der Waals surface area contributed by atoms with E-state index in [1.807, 2.05) is 0 Å². The van der Waals surface area contributed by atoms with Crippen LogP contribution in [0.25, 0.3) is 10.4 Å². The highest BCUT2D eigenvalue weighted by Crippen LogP contribution is 2.34. The predicted molar refractivity (Wildman–Crippen MR) is 111 cm³/mol. The van der Waals surface area contributed by atoms with Crippen molar-refractivity contribution >= 4 is 23.2 Å². The maximum absolute atomic E-state index is 12.3. The highest BCUT2D eigenvalue weighted by atomic mass is 32.1. The molecule has 0 atom stereocenters. The SMILES string of the molecule is CCCc1cc(-c2cnc(C(=O)NCC(C)(C)C(=O)O)c(O)c2)sc1CCC. The lowest BCUT2D eigenvalue weighted by atomic mass is 9.94. The average molecular weight is 405 g/mol. The Balaban J connectivity index is 2.21. The fourth-order valence-corrected chi connectivity index (χ4v) is 4.05. The molecule has 152 valence electrons. The molecule has 6 nitrogen and oxygen atoms in total. The molecule has 0 bridgehead atoms. The summed E-state index contributed by atoms with van der Waals surface area (Å²) in [5, 5.41) is 22.0. The van der Waals surface area contributed by atoms with Gasteiger partial charge in [0.25, 0.3) is 5.91 Å². The monoisotopic (exact) mass is 404 g/mol. The Morgan fingerprint density at radius 2 is 1.86 bits per heavy atom. The highest BCUT2D eigenvalue weighted by molar-refractivity contribution is 7.15. The first-order chi connectivity index (χ1) is 13.2. The number of nitrogens with zero attached hydrogens (tertiary/aromatic N) is 1. The quantitative estimate of drug-likeness (QED) is 0.580. The van der Waals surface area contributed by atoms with Crippen LogP contribution in [0.4, 0.5) is 0 Å². The van der Waals surface area contributed by atoms with Crippen molar-refractivity contribution in [2.45, 2.75) is 53.4 Å². The van der Waals surface area contributed by atoms with Crippen LogP contribution in [0, 0.1) is 5.41 Å². The zero-order valence-corrected chi connectivity index (χ0v) is 17.7. The molecule has 2 aromatic rings. The van der Waals surface area contributed by atoms with Crippen LogP contribution in [0.1, 0.15) is 61.5 Å². The van der Waals surface area contributed by atoms with Gasteiger partial charge in [0.1, 0.15) is 5.75 Å². The van der Waals surface area contributed by atoms with Gasteiger partial charge in [0.2, 0.25) is 0 Å². The summed E-state index contributed by atoms with van der Waals surface area (Å²) < 4.78 is 0. The van der Waals surface area contributed by atoms with E-state index in [2.05, 4.69) is 30.2 Å². The lowest BCUT2D eigenvalue weighted by Crippen LogP contribution is -2.39. The number of thiophene rings is 1. The van der Waals surface area contributed by atoms with Crippen molar-refractivity contribution in [3.05, 3.63) is 34.5 Å². The molecule has 0 spiro atoms. The fourth-order valence-electron chi connectivity index (χ4n) is 2.75. The predicted octanol–water partition coefficient (Wildman–Crippen LogP) is 4.26. The van der Waals surface area contributed by atoms with Gasteiger partial charge in [-0.25, -0.2) is 4.98 Å². The van der Waals surface area contributed by atoms with Crippen molar-refractivity contribution in [2.24, 2.45) is 5.41 Å². The second-order valence-electron chi connectivity index (χ2n) is 7.52. The van der Waals surface area contributed by atoms with E-state index in [4.69, 9.17) is 5.11 Å². The molecule has 7 heteroatoms. The minimum atomic E-state index is -1.10. The Kier molecular flexibility index (Phi) is 7.18. The Hall–Kier alpha value is -2.41. The maximum Gasteiger partial charge on any atom is 0.310 e. The lowest BCUT2D eigenvalue weighted by Gasteiger charge is -2.19. The summed E-state index contributed by atoms with van der Waals surface area (Å²) in [5.74, 6) is -1.82. The molecular formula is C21H28N2O4S. The number of aryl methyl sites for hydroxylation is 2. The average Bonchev–Trinajstić information content (AvgIpc) is 3.03. The van der Waals surface area contributed by atoms with Gasteiger partial charge in [-0.15, -0.1) is 11.3 Å². The number of aromatic nitrogens is 1. The van der Waals surface area contributed by atoms with Crippen LogP contribution in [0.3, 0.4) is 0 Å². The number of hydrogen-bond donors (Lipinski definition) is 3. The van der Waals surface area contributed by atoms with E-state index in [0.717, 1.165) is 36.1 Å². The number of aromatic hydroxyl groups is 1. The summed E-state index contributed by atoms with van der Waals surface area (Å²) in [6.45, 7) is 7.28. The summed E-state index contributed by atoms with van der Waals surface area (Å²) in [4.78, 5) is 29.9. The van der Waals surface area contributed by atoms with Crippen molar-refractivity contribution in [3.8, 4) is 16.2 Å². The third-order valence-corrected chi connectivity index (χ3v) is 5.82. The first-order valence-electron chi connectivity index (χ1n) is 9.52. The molecule has 0 aliphatic heterocycles. The number of hydrogen-bond acceptors (Lipinski definition) is 5. The van der Waals surface area contributed by atoms with Crippen LogP contribution >= 0.6 is 11.3 Å². The smallest absolute Gasteiger partial charge is 0.310 e. The second-order valence-corrected chi connectivity index (χ2v) is 8.66. The summed E-state index contributed by atoms with van der Waals surface area (Å²) in [6, 6.07) is 3.69. The number of rotatable bonds is 9.